The number of likely N-dealkylation sites (tertiary alicyclic amines) is 1. The van der Waals surface area contributed by atoms with Gasteiger partial charge in [0.25, 0.3) is 0 Å². The average molecular weight is 625 g/mol. The predicted octanol–water partition coefficient (Wildman–Crippen LogP) is 6.65. The van der Waals surface area contributed by atoms with Gasteiger partial charge in [-0.1, -0.05) is 63.2 Å². The summed E-state index contributed by atoms with van der Waals surface area (Å²) in [6.07, 6.45) is -4.71. The molecule has 2 unspecified atom stereocenters. The Balaban J connectivity index is 1.03. The van der Waals surface area contributed by atoms with E-state index in [1.807, 2.05) is 48.5 Å². The first kappa shape index (κ1) is 32.8. The van der Waals surface area contributed by atoms with Crippen LogP contribution in [0.15, 0.2) is 72.8 Å². The molecule has 3 aromatic rings. The Morgan fingerprint density at radius 1 is 0.911 bits per heavy atom. The van der Waals surface area contributed by atoms with E-state index in [1.54, 1.807) is 13.0 Å². The summed E-state index contributed by atoms with van der Waals surface area (Å²) in [5, 5.41) is 3.57. The number of halogens is 3. The van der Waals surface area contributed by atoms with E-state index in [2.05, 4.69) is 31.0 Å². The minimum absolute atomic E-state index is 0.0266. The maximum absolute atomic E-state index is 13.0. The van der Waals surface area contributed by atoms with Crippen molar-refractivity contribution in [2.75, 3.05) is 32.8 Å². The van der Waals surface area contributed by atoms with Gasteiger partial charge in [0.05, 0.1) is 12.2 Å². The van der Waals surface area contributed by atoms with Gasteiger partial charge in [-0.15, -0.1) is 0 Å². The highest BCUT2D eigenvalue weighted by atomic mass is 19.4. The van der Waals surface area contributed by atoms with Crippen LogP contribution in [-0.4, -0.2) is 55.9 Å². The number of piperidine rings is 1. The Bertz CT molecular complexity index is 1410. The molecule has 1 saturated carbocycles. The summed E-state index contributed by atoms with van der Waals surface area (Å²) in [5.41, 5.74) is 2.26. The third-order valence-corrected chi connectivity index (χ3v) is 8.57. The number of nitrogens with zero attached hydrogens (tertiary/aromatic N) is 1. The number of esters is 1. The van der Waals surface area contributed by atoms with E-state index in [0.29, 0.717) is 55.3 Å². The first-order chi connectivity index (χ1) is 21.4. The normalized spacial score (nSPS) is 20.4. The fourth-order valence-electron chi connectivity index (χ4n) is 6.09. The maximum Gasteiger partial charge on any atom is 0.416 e. The molecule has 2 fully saturated rings. The van der Waals surface area contributed by atoms with E-state index in [9.17, 15) is 18.0 Å². The second-order valence-corrected chi connectivity index (χ2v) is 13.0. The van der Waals surface area contributed by atoms with E-state index in [1.165, 1.54) is 17.7 Å². The lowest BCUT2D eigenvalue weighted by molar-refractivity contribution is -0.151. The average Bonchev–Trinajstić information content (AvgIpc) is 3.44. The zero-order valence-corrected chi connectivity index (χ0v) is 26.4. The molecule has 0 amide bonds. The number of carbonyl (C=O) groups is 1. The highest BCUT2D eigenvalue weighted by molar-refractivity contribution is 5.75. The molecule has 1 aliphatic heterocycles. The summed E-state index contributed by atoms with van der Waals surface area (Å²) in [6, 6.07) is 21.5. The number of nitrogens with one attached hydrogen (secondary N) is 1. The van der Waals surface area contributed by atoms with Crippen LogP contribution in [0.1, 0.15) is 49.9 Å². The van der Waals surface area contributed by atoms with Crippen molar-refractivity contribution in [1.82, 2.24) is 10.2 Å². The van der Waals surface area contributed by atoms with Gasteiger partial charge in [0.15, 0.2) is 6.10 Å². The van der Waals surface area contributed by atoms with Crippen LogP contribution < -0.4 is 14.8 Å². The molecular formula is C36H43F3N2O4. The van der Waals surface area contributed by atoms with Gasteiger partial charge in [0.2, 0.25) is 0 Å². The Kier molecular flexibility index (Phi) is 10.1. The summed E-state index contributed by atoms with van der Waals surface area (Å²) in [7, 11) is 0. The molecule has 2 aliphatic rings. The minimum atomic E-state index is -4.32. The van der Waals surface area contributed by atoms with Crippen molar-refractivity contribution in [3.05, 3.63) is 95.1 Å². The molecule has 0 spiro atoms. The van der Waals surface area contributed by atoms with Gasteiger partial charge in [0.1, 0.15) is 18.1 Å². The van der Waals surface area contributed by atoms with Crippen LogP contribution in [0.25, 0.3) is 0 Å². The second-order valence-electron chi connectivity index (χ2n) is 13.0. The van der Waals surface area contributed by atoms with Crippen LogP contribution in [0.2, 0.25) is 0 Å². The number of ether oxygens (including phenoxy) is 3. The third-order valence-electron chi connectivity index (χ3n) is 8.57. The van der Waals surface area contributed by atoms with Crippen LogP contribution in [0.3, 0.4) is 0 Å². The quantitative estimate of drug-likeness (QED) is 0.170. The number of alkyl halides is 3. The van der Waals surface area contributed by atoms with E-state index in [-0.39, 0.29) is 12.0 Å². The number of rotatable bonds is 13. The molecule has 0 bridgehead atoms. The summed E-state index contributed by atoms with van der Waals surface area (Å²) in [4.78, 5) is 14.9. The molecule has 1 heterocycles. The van der Waals surface area contributed by atoms with Gasteiger partial charge in [-0.2, -0.15) is 13.2 Å². The van der Waals surface area contributed by atoms with Gasteiger partial charge in [-0.3, -0.25) is 4.90 Å². The highest BCUT2D eigenvalue weighted by Crippen LogP contribution is 2.46. The number of carbonyl (C=O) groups excluding carboxylic acids is 1. The molecular weight excluding hydrogens is 581 g/mol. The number of hydrogen-bond acceptors (Lipinski definition) is 6. The summed E-state index contributed by atoms with van der Waals surface area (Å²) < 4.78 is 56.3. The van der Waals surface area contributed by atoms with Crippen molar-refractivity contribution < 1.29 is 32.2 Å². The zero-order valence-electron chi connectivity index (χ0n) is 26.4. The topological polar surface area (TPSA) is 60.0 Å². The lowest BCUT2D eigenvalue weighted by Gasteiger charge is -2.21. The van der Waals surface area contributed by atoms with Gasteiger partial charge in [0, 0.05) is 38.6 Å². The van der Waals surface area contributed by atoms with Crippen molar-refractivity contribution in [2.45, 2.75) is 64.4 Å². The van der Waals surface area contributed by atoms with Gasteiger partial charge in [-0.05, 0) is 71.2 Å². The molecule has 9 heteroatoms. The predicted molar refractivity (Wildman–Crippen MR) is 167 cm³/mol. The first-order valence-electron chi connectivity index (χ1n) is 15.7. The minimum Gasteiger partial charge on any atom is -0.492 e. The SMILES string of the molecule is CCOC(=O)[C@H](Cc1ccc(OCCNC2C3CN(Cc4cccc(C(F)(F)F)c4)C[C@@H]32)cc1)Oc1ccc(C(C)(C)C)cc1. The molecule has 45 heavy (non-hydrogen) atoms. The largest absolute Gasteiger partial charge is 0.492 e. The molecule has 1 saturated heterocycles. The van der Waals surface area contributed by atoms with Crippen molar-refractivity contribution in [3.63, 3.8) is 0 Å². The lowest BCUT2D eigenvalue weighted by atomic mass is 9.87. The standard InChI is InChI=1S/C36H43F3N2O4/c1-5-43-34(42)32(45-29-15-11-26(12-16-29)35(2,3)4)20-24-9-13-28(14-10-24)44-18-17-40-33-30-22-41(23-31(30)33)21-25-7-6-8-27(19-25)36(37,38)39/h6-16,19,30-33,40H,5,17-18,20-23H2,1-4H3/t30-,31?,32-,33?/m0/s1. The molecule has 5 rings (SSSR count). The fraction of sp³-hybridized carbons (Fsp3) is 0.472. The van der Waals surface area contributed by atoms with Crippen molar-refractivity contribution >= 4 is 5.97 Å². The first-order valence-corrected chi connectivity index (χ1v) is 15.7. The van der Waals surface area contributed by atoms with Crippen LogP contribution in [0.5, 0.6) is 11.5 Å². The van der Waals surface area contributed by atoms with Crippen LogP contribution in [-0.2, 0) is 34.1 Å². The van der Waals surface area contributed by atoms with Gasteiger partial charge in [-0.25, -0.2) is 4.79 Å². The van der Waals surface area contributed by atoms with E-state index >= 15 is 0 Å². The smallest absolute Gasteiger partial charge is 0.416 e. The lowest BCUT2D eigenvalue weighted by Crippen LogP contribution is -2.33. The van der Waals surface area contributed by atoms with E-state index in [4.69, 9.17) is 14.2 Å². The Morgan fingerprint density at radius 3 is 2.20 bits per heavy atom. The van der Waals surface area contributed by atoms with Gasteiger partial charge >= 0.3 is 12.1 Å². The molecule has 1 N–H and O–H groups in total. The number of hydrogen-bond donors (Lipinski definition) is 1. The highest BCUT2D eigenvalue weighted by Gasteiger charge is 2.55. The number of benzene rings is 3. The summed E-state index contributed by atoms with van der Waals surface area (Å²) in [6.45, 7) is 12.1. The maximum atomic E-state index is 13.0. The summed E-state index contributed by atoms with van der Waals surface area (Å²) >= 11 is 0. The molecule has 6 nitrogen and oxygen atoms in total. The Labute approximate surface area is 263 Å². The van der Waals surface area contributed by atoms with Crippen molar-refractivity contribution in [3.8, 4) is 11.5 Å². The van der Waals surface area contributed by atoms with Crippen molar-refractivity contribution in [1.29, 1.82) is 0 Å². The Morgan fingerprint density at radius 2 is 1.58 bits per heavy atom. The van der Waals surface area contributed by atoms with Crippen LogP contribution >= 0.6 is 0 Å². The molecule has 3 aromatic carbocycles. The van der Waals surface area contributed by atoms with E-state index < -0.39 is 23.8 Å². The zero-order chi connectivity index (χ0) is 32.2. The van der Waals surface area contributed by atoms with Crippen LogP contribution in [0.4, 0.5) is 13.2 Å². The fourth-order valence-corrected chi connectivity index (χ4v) is 6.09. The number of fused-ring (bicyclic) bond motifs is 1. The second kappa shape index (κ2) is 13.8. The molecule has 0 radical (unpaired) electrons. The molecule has 242 valence electrons. The molecule has 4 atom stereocenters. The van der Waals surface area contributed by atoms with Gasteiger partial charge < -0.3 is 19.5 Å². The third kappa shape index (κ3) is 8.79. The van der Waals surface area contributed by atoms with E-state index in [0.717, 1.165) is 30.5 Å². The van der Waals surface area contributed by atoms with Crippen LogP contribution in [0, 0.1) is 11.8 Å². The molecule has 0 aromatic heterocycles. The monoisotopic (exact) mass is 624 g/mol. The Hall–Kier alpha value is -3.56. The summed E-state index contributed by atoms with van der Waals surface area (Å²) in [5.74, 6) is 2.03. The molecule has 1 aliphatic carbocycles. The van der Waals surface area contributed by atoms with Crippen molar-refractivity contribution in [2.24, 2.45) is 11.8 Å².